The van der Waals surface area contributed by atoms with Crippen molar-refractivity contribution in [3.63, 3.8) is 0 Å². The van der Waals surface area contributed by atoms with Crippen LogP contribution < -0.4 is 5.73 Å². The van der Waals surface area contributed by atoms with E-state index in [0.29, 0.717) is 0 Å². The number of rotatable bonds is 1. The number of hydrogen-bond donors (Lipinski definition) is 1. The van der Waals surface area contributed by atoms with Gasteiger partial charge in [0, 0.05) is 4.83 Å². The molecule has 0 spiro atoms. The predicted octanol–water partition coefficient (Wildman–Crippen LogP) is 1.90. The van der Waals surface area contributed by atoms with Crippen LogP contribution in [0.4, 0.5) is 0 Å². The molecule has 0 aromatic rings. The maximum absolute atomic E-state index is 5.54. The summed E-state index contributed by atoms with van der Waals surface area (Å²) in [7, 11) is 0. The van der Waals surface area contributed by atoms with E-state index in [0.717, 1.165) is 17.3 Å². The van der Waals surface area contributed by atoms with E-state index in [4.69, 9.17) is 5.73 Å². The van der Waals surface area contributed by atoms with E-state index in [2.05, 4.69) is 15.9 Å². The lowest BCUT2D eigenvalue weighted by Gasteiger charge is -2.23. The molecule has 0 aromatic heterocycles. The van der Waals surface area contributed by atoms with Gasteiger partial charge in [0.15, 0.2) is 0 Å². The van der Waals surface area contributed by atoms with E-state index in [9.17, 15) is 0 Å². The molecule has 1 nitrogen and oxygen atoms in total. The maximum Gasteiger partial charge on any atom is 0.0148 e. The maximum atomic E-state index is 5.54. The molecule has 1 aliphatic carbocycles. The summed E-state index contributed by atoms with van der Waals surface area (Å²) >= 11 is 3.61. The SMILES string of the molecule is NCC1CCCC(Br)C1. The first-order chi connectivity index (χ1) is 4.33. The number of hydrogen-bond acceptors (Lipinski definition) is 1. The Balaban J connectivity index is 2.23. The van der Waals surface area contributed by atoms with Crippen molar-refractivity contribution < 1.29 is 0 Å². The molecule has 1 rings (SSSR count). The minimum absolute atomic E-state index is 0.750. The number of alkyl halides is 1. The largest absolute Gasteiger partial charge is 0.330 e. The van der Waals surface area contributed by atoms with Crippen molar-refractivity contribution in [1.82, 2.24) is 0 Å². The van der Waals surface area contributed by atoms with Crippen LogP contribution in [0.5, 0.6) is 0 Å². The predicted molar refractivity (Wildman–Crippen MR) is 43.7 cm³/mol. The Morgan fingerprint density at radius 2 is 2.22 bits per heavy atom. The quantitative estimate of drug-likeness (QED) is 0.631. The van der Waals surface area contributed by atoms with Crippen molar-refractivity contribution in [2.75, 3.05) is 6.54 Å². The van der Waals surface area contributed by atoms with E-state index >= 15 is 0 Å². The molecule has 1 aliphatic rings. The van der Waals surface area contributed by atoms with Gasteiger partial charge in [-0.25, -0.2) is 0 Å². The van der Waals surface area contributed by atoms with E-state index in [1.165, 1.54) is 25.7 Å². The second kappa shape index (κ2) is 3.57. The summed E-state index contributed by atoms with van der Waals surface area (Å²) < 4.78 is 0. The van der Waals surface area contributed by atoms with E-state index < -0.39 is 0 Å². The minimum Gasteiger partial charge on any atom is -0.330 e. The highest BCUT2D eigenvalue weighted by atomic mass is 79.9. The first-order valence-electron chi connectivity index (χ1n) is 3.67. The summed E-state index contributed by atoms with van der Waals surface area (Å²) in [4.78, 5) is 0.750. The fourth-order valence-electron chi connectivity index (χ4n) is 1.44. The van der Waals surface area contributed by atoms with Crippen molar-refractivity contribution in [2.45, 2.75) is 30.5 Å². The minimum atomic E-state index is 0.750. The molecule has 2 atom stereocenters. The van der Waals surface area contributed by atoms with Gasteiger partial charge in [-0.3, -0.25) is 0 Å². The van der Waals surface area contributed by atoms with Crippen molar-refractivity contribution in [1.29, 1.82) is 0 Å². The van der Waals surface area contributed by atoms with Crippen LogP contribution >= 0.6 is 15.9 Å². The van der Waals surface area contributed by atoms with Gasteiger partial charge in [0.1, 0.15) is 0 Å². The Bertz CT molecular complexity index is 85.0. The Hall–Kier alpha value is 0.440. The van der Waals surface area contributed by atoms with E-state index in [1.54, 1.807) is 0 Å². The first-order valence-corrected chi connectivity index (χ1v) is 4.58. The normalized spacial score (nSPS) is 36.7. The second-order valence-corrected chi connectivity index (χ2v) is 4.16. The summed E-state index contributed by atoms with van der Waals surface area (Å²) in [6, 6.07) is 0. The lowest BCUT2D eigenvalue weighted by molar-refractivity contribution is 0.378. The van der Waals surface area contributed by atoms with Gasteiger partial charge in [-0.05, 0) is 31.7 Å². The Morgan fingerprint density at radius 1 is 1.44 bits per heavy atom. The monoisotopic (exact) mass is 191 g/mol. The molecule has 54 valence electrons. The standard InChI is InChI=1S/C7H14BrN/c8-7-3-1-2-6(4-7)5-9/h6-7H,1-5,9H2. The van der Waals surface area contributed by atoms with E-state index in [-0.39, 0.29) is 0 Å². The summed E-state index contributed by atoms with van der Waals surface area (Å²) in [5, 5.41) is 0. The smallest absolute Gasteiger partial charge is 0.0148 e. The van der Waals surface area contributed by atoms with Gasteiger partial charge >= 0.3 is 0 Å². The van der Waals surface area contributed by atoms with Crippen LogP contribution in [0.1, 0.15) is 25.7 Å². The van der Waals surface area contributed by atoms with Gasteiger partial charge in [0.2, 0.25) is 0 Å². The van der Waals surface area contributed by atoms with Crippen LogP contribution in [0.15, 0.2) is 0 Å². The molecule has 9 heavy (non-hydrogen) atoms. The van der Waals surface area contributed by atoms with Gasteiger partial charge in [0.25, 0.3) is 0 Å². The van der Waals surface area contributed by atoms with Crippen molar-refractivity contribution in [3.05, 3.63) is 0 Å². The fraction of sp³-hybridized carbons (Fsp3) is 1.00. The Labute approximate surface area is 65.1 Å². The molecule has 0 radical (unpaired) electrons. The zero-order chi connectivity index (χ0) is 6.69. The lowest BCUT2D eigenvalue weighted by Crippen LogP contribution is -2.22. The van der Waals surface area contributed by atoms with Gasteiger partial charge in [-0.1, -0.05) is 22.4 Å². The van der Waals surface area contributed by atoms with Crippen LogP contribution in [0, 0.1) is 5.92 Å². The van der Waals surface area contributed by atoms with Crippen LogP contribution in [0.3, 0.4) is 0 Å². The van der Waals surface area contributed by atoms with Crippen LogP contribution in [0.2, 0.25) is 0 Å². The summed E-state index contributed by atoms with van der Waals surface area (Å²) in [5.74, 6) is 0.795. The zero-order valence-corrected chi connectivity index (χ0v) is 7.23. The summed E-state index contributed by atoms with van der Waals surface area (Å²) in [6.07, 6.45) is 5.34. The first kappa shape index (κ1) is 7.55. The van der Waals surface area contributed by atoms with Gasteiger partial charge in [-0.2, -0.15) is 0 Å². The molecule has 2 heteroatoms. The zero-order valence-electron chi connectivity index (χ0n) is 5.65. The molecular weight excluding hydrogens is 178 g/mol. The van der Waals surface area contributed by atoms with Crippen molar-refractivity contribution in [3.8, 4) is 0 Å². The third kappa shape index (κ3) is 2.26. The molecule has 0 heterocycles. The van der Waals surface area contributed by atoms with Crippen molar-refractivity contribution >= 4 is 15.9 Å². The summed E-state index contributed by atoms with van der Waals surface area (Å²) in [6.45, 7) is 0.877. The van der Waals surface area contributed by atoms with Crippen molar-refractivity contribution in [2.24, 2.45) is 11.7 Å². The Morgan fingerprint density at radius 3 is 2.67 bits per heavy atom. The average Bonchev–Trinajstić information content (AvgIpc) is 1.88. The van der Waals surface area contributed by atoms with Gasteiger partial charge < -0.3 is 5.73 Å². The highest BCUT2D eigenvalue weighted by Gasteiger charge is 2.17. The molecule has 0 bridgehead atoms. The molecule has 0 aliphatic heterocycles. The molecule has 2 N–H and O–H groups in total. The number of nitrogens with two attached hydrogens (primary N) is 1. The fourth-order valence-corrected chi connectivity index (χ4v) is 2.29. The molecule has 2 unspecified atom stereocenters. The highest BCUT2D eigenvalue weighted by molar-refractivity contribution is 9.09. The van der Waals surface area contributed by atoms with Gasteiger partial charge in [0.05, 0.1) is 0 Å². The molecule has 0 amide bonds. The average molecular weight is 192 g/mol. The molecule has 1 saturated carbocycles. The highest BCUT2D eigenvalue weighted by Crippen LogP contribution is 2.27. The van der Waals surface area contributed by atoms with Crippen LogP contribution in [-0.4, -0.2) is 11.4 Å². The number of halogens is 1. The molecule has 1 fully saturated rings. The molecule has 0 aromatic carbocycles. The lowest BCUT2D eigenvalue weighted by atomic mass is 9.89. The topological polar surface area (TPSA) is 26.0 Å². The third-order valence-electron chi connectivity index (χ3n) is 2.05. The second-order valence-electron chi connectivity index (χ2n) is 2.87. The third-order valence-corrected chi connectivity index (χ3v) is 2.88. The van der Waals surface area contributed by atoms with Crippen LogP contribution in [0.25, 0.3) is 0 Å². The van der Waals surface area contributed by atoms with E-state index in [1.807, 2.05) is 0 Å². The van der Waals surface area contributed by atoms with Crippen LogP contribution in [-0.2, 0) is 0 Å². The van der Waals surface area contributed by atoms with Gasteiger partial charge in [-0.15, -0.1) is 0 Å². The Kier molecular flexibility index (Phi) is 2.99. The molecular formula is C7H14BrN. The molecule has 0 saturated heterocycles. The summed E-state index contributed by atoms with van der Waals surface area (Å²) in [5.41, 5.74) is 5.54.